The van der Waals surface area contributed by atoms with Crippen LogP contribution in [-0.4, -0.2) is 40.8 Å². The smallest absolute Gasteiger partial charge is 0.234 e. The van der Waals surface area contributed by atoms with Gasteiger partial charge in [-0.2, -0.15) is 4.98 Å². The molecule has 1 aromatic heterocycles. The monoisotopic (exact) mass is 341 g/mol. The lowest BCUT2D eigenvalue weighted by atomic mass is 9.88. The number of hydrogen-bond donors (Lipinski definition) is 0. The fraction of sp³-hybridized carbons (Fsp3) is 0.600. The largest absolute Gasteiger partial charge is 0.367 e. The first-order valence-electron chi connectivity index (χ1n) is 9.46. The Bertz CT molecular complexity index is 685. The van der Waals surface area contributed by atoms with Crippen LogP contribution >= 0.6 is 0 Å². The average Bonchev–Trinajstić information content (AvgIpc) is 3.11. The van der Waals surface area contributed by atoms with Crippen LogP contribution in [0.25, 0.3) is 0 Å². The van der Waals surface area contributed by atoms with Gasteiger partial charge in [-0.1, -0.05) is 55.8 Å². The van der Waals surface area contributed by atoms with E-state index in [2.05, 4.69) is 48.2 Å². The van der Waals surface area contributed by atoms with Crippen molar-refractivity contribution in [2.45, 2.75) is 51.2 Å². The molecule has 0 aliphatic carbocycles. The van der Waals surface area contributed by atoms with Crippen molar-refractivity contribution in [1.29, 1.82) is 0 Å². The first-order chi connectivity index (χ1) is 12.2. The molecule has 2 unspecified atom stereocenters. The van der Waals surface area contributed by atoms with Gasteiger partial charge in [-0.25, -0.2) is 0 Å². The van der Waals surface area contributed by atoms with Crippen LogP contribution in [0.4, 0.5) is 0 Å². The van der Waals surface area contributed by atoms with Crippen molar-refractivity contribution < 1.29 is 9.26 Å². The number of benzene rings is 1. The van der Waals surface area contributed by atoms with E-state index in [4.69, 9.17) is 14.2 Å². The maximum Gasteiger partial charge on any atom is 0.234 e. The van der Waals surface area contributed by atoms with Crippen LogP contribution in [0.3, 0.4) is 0 Å². The zero-order chi connectivity index (χ0) is 17.2. The molecular formula is C20H27N3O2. The van der Waals surface area contributed by atoms with E-state index in [1.165, 1.54) is 24.8 Å². The Balaban J connectivity index is 1.53. The Kier molecular flexibility index (Phi) is 4.86. The van der Waals surface area contributed by atoms with Gasteiger partial charge >= 0.3 is 0 Å². The highest BCUT2D eigenvalue weighted by atomic mass is 16.5. The molecule has 2 saturated heterocycles. The third kappa shape index (κ3) is 3.48. The van der Waals surface area contributed by atoms with Crippen LogP contribution in [0.2, 0.25) is 0 Å². The summed E-state index contributed by atoms with van der Waals surface area (Å²) in [4.78, 5) is 7.27. The lowest BCUT2D eigenvalue weighted by Gasteiger charge is -2.41. The van der Waals surface area contributed by atoms with Gasteiger partial charge < -0.3 is 9.26 Å². The van der Waals surface area contributed by atoms with Gasteiger partial charge in [-0.3, -0.25) is 4.90 Å². The molecule has 2 aliphatic heterocycles. The summed E-state index contributed by atoms with van der Waals surface area (Å²) in [5.74, 6) is 1.89. The highest BCUT2D eigenvalue weighted by Crippen LogP contribution is 2.33. The molecule has 2 aliphatic rings. The molecule has 0 N–H and O–H groups in total. The minimum Gasteiger partial charge on any atom is -0.367 e. The summed E-state index contributed by atoms with van der Waals surface area (Å²) in [6.45, 7) is 7.20. The van der Waals surface area contributed by atoms with Crippen molar-refractivity contribution in [2.24, 2.45) is 5.92 Å². The summed E-state index contributed by atoms with van der Waals surface area (Å²) in [7, 11) is 0. The summed E-state index contributed by atoms with van der Waals surface area (Å²) >= 11 is 0. The molecule has 3 atom stereocenters. The van der Waals surface area contributed by atoms with Gasteiger partial charge in [-0.05, 0) is 30.9 Å². The standard InChI is InChI=1S/C20H27N3O2/c1-14(2)18(15-8-4-3-5-9-15)20-21-19(22-25-20)17-12-23-11-7-6-10-16(23)13-24-17/h3-5,8-9,14,16-18H,6-7,10-13H2,1-2H3/t16?,17-,18?/m1/s1. The quantitative estimate of drug-likeness (QED) is 0.847. The molecule has 5 nitrogen and oxygen atoms in total. The van der Waals surface area contributed by atoms with E-state index in [0.717, 1.165) is 19.7 Å². The number of ether oxygens (including phenoxy) is 1. The maximum atomic E-state index is 6.07. The fourth-order valence-electron chi connectivity index (χ4n) is 4.12. The van der Waals surface area contributed by atoms with Crippen molar-refractivity contribution in [2.75, 3.05) is 19.7 Å². The second kappa shape index (κ2) is 7.26. The predicted molar refractivity (Wildman–Crippen MR) is 95.3 cm³/mol. The average molecular weight is 341 g/mol. The van der Waals surface area contributed by atoms with Gasteiger partial charge in [0.05, 0.1) is 12.5 Å². The maximum absolute atomic E-state index is 6.07. The minimum atomic E-state index is -0.0737. The Morgan fingerprint density at radius 3 is 2.80 bits per heavy atom. The van der Waals surface area contributed by atoms with Gasteiger partial charge in [0.2, 0.25) is 11.7 Å². The summed E-state index contributed by atoms with van der Waals surface area (Å²) in [5.41, 5.74) is 1.22. The number of rotatable bonds is 4. The van der Waals surface area contributed by atoms with Gasteiger partial charge in [0.15, 0.2) is 0 Å². The summed E-state index contributed by atoms with van der Waals surface area (Å²) < 4.78 is 11.7. The molecule has 1 aromatic carbocycles. The van der Waals surface area contributed by atoms with Gasteiger partial charge in [0.1, 0.15) is 6.10 Å². The van der Waals surface area contributed by atoms with E-state index in [1.807, 2.05) is 6.07 Å². The summed E-state index contributed by atoms with van der Waals surface area (Å²) in [6, 6.07) is 11.0. The van der Waals surface area contributed by atoms with E-state index in [-0.39, 0.29) is 12.0 Å². The number of nitrogens with zero attached hydrogens (tertiary/aromatic N) is 3. The second-order valence-electron chi connectivity index (χ2n) is 7.59. The van der Waals surface area contributed by atoms with Gasteiger partial charge in [0, 0.05) is 12.6 Å². The van der Waals surface area contributed by atoms with Gasteiger partial charge in [0.25, 0.3) is 0 Å². The van der Waals surface area contributed by atoms with Crippen LogP contribution in [0.5, 0.6) is 0 Å². The molecular weight excluding hydrogens is 314 g/mol. The molecule has 0 bridgehead atoms. The van der Waals surface area contributed by atoms with Crippen LogP contribution in [0, 0.1) is 5.92 Å². The molecule has 3 heterocycles. The molecule has 5 heteroatoms. The molecule has 4 rings (SSSR count). The van der Waals surface area contributed by atoms with Crippen LogP contribution in [-0.2, 0) is 4.74 Å². The molecule has 2 fully saturated rings. The topological polar surface area (TPSA) is 51.4 Å². The number of fused-ring (bicyclic) bond motifs is 1. The number of morpholine rings is 1. The van der Waals surface area contributed by atoms with E-state index < -0.39 is 0 Å². The Labute approximate surface area is 149 Å². The molecule has 0 amide bonds. The number of aromatic nitrogens is 2. The molecule has 0 spiro atoms. The number of hydrogen-bond acceptors (Lipinski definition) is 5. The summed E-state index contributed by atoms with van der Waals surface area (Å²) in [6.07, 6.45) is 3.77. The molecule has 0 radical (unpaired) electrons. The predicted octanol–water partition coefficient (Wildman–Crippen LogP) is 3.78. The van der Waals surface area contributed by atoms with E-state index >= 15 is 0 Å². The molecule has 2 aromatic rings. The van der Waals surface area contributed by atoms with E-state index in [9.17, 15) is 0 Å². The van der Waals surface area contributed by atoms with Gasteiger partial charge in [-0.15, -0.1) is 0 Å². The highest BCUT2D eigenvalue weighted by molar-refractivity contribution is 5.25. The Hall–Kier alpha value is -1.72. The van der Waals surface area contributed by atoms with Crippen molar-refractivity contribution in [3.05, 3.63) is 47.6 Å². The van der Waals surface area contributed by atoms with Crippen molar-refractivity contribution in [1.82, 2.24) is 15.0 Å². The SMILES string of the molecule is CC(C)C(c1ccccc1)c1nc([C@H]2CN3CCCCC3CO2)no1. The van der Waals surface area contributed by atoms with E-state index in [1.54, 1.807) is 0 Å². The third-order valence-corrected chi connectivity index (χ3v) is 5.48. The number of piperidine rings is 1. The van der Waals surface area contributed by atoms with Crippen molar-refractivity contribution in [3.8, 4) is 0 Å². The molecule has 0 saturated carbocycles. The minimum absolute atomic E-state index is 0.0737. The zero-order valence-electron chi connectivity index (χ0n) is 15.1. The normalized spacial score (nSPS) is 25.7. The summed E-state index contributed by atoms with van der Waals surface area (Å²) in [5, 5.41) is 4.27. The van der Waals surface area contributed by atoms with E-state index in [0.29, 0.717) is 23.7 Å². The molecule has 134 valence electrons. The third-order valence-electron chi connectivity index (χ3n) is 5.48. The lowest BCUT2D eigenvalue weighted by molar-refractivity contribution is -0.0805. The van der Waals surface area contributed by atoms with Crippen LogP contribution in [0.1, 0.15) is 62.4 Å². The highest BCUT2D eigenvalue weighted by Gasteiger charge is 2.34. The zero-order valence-corrected chi connectivity index (χ0v) is 15.1. The van der Waals surface area contributed by atoms with Crippen molar-refractivity contribution in [3.63, 3.8) is 0 Å². The second-order valence-corrected chi connectivity index (χ2v) is 7.59. The first-order valence-corrected chi connectivity index (χ1v) is 9.46. The fourth-order valence-corrected chi connectivity index (χ4v) is 4.12. The van der Waals surface area contributed by atoms with Crippen LogP contribution < -0.4 is 0 Å². The Morgan fingerprint density at radius 2 is 2.00 bits per heavy atom. The Morgan fingerprint density at radius 1 is 1.16 bits per heavy atom. The van der Waals surface area contributed by atoms with Crippen molar-refractivity contribution >= 4 is 0 Å². The molecule has 25 heavy (non-hydrogen) atoms. The van der Waals surface area contributed by atoms with Crippen LogP contribution in [0.15, 0.2) is 34.9 Å². The first kappa shape index (κ1) is 16.7. The lowest BCUT2D eigenvalue weighted by Crippen LogP contribution is -2.49.